The number of rotatable bonds is 10. The molecule has 3 aliphatic heterocycles. The number of hydrogen-bond donors (Lipinski definition) is 0. The van der Waals surface area contributed by atoms with Crippen molar-refractivity contribution in [1.82, 2.24) is 19.1 Å². The zero-order valence-electron chi connectivity index (χ0n) is 25.4. The van der Waals surface area contributed by atoms with E-state index in [0.717, 1.165) is 63.7 Å². The number of aryl methyl sites for hydroxylation is 2. The summed E-state index contributed by atoms with van der Waals surface area (Å²) in [6, 6.07) is 7.51. The fourth-order valence-electron chi connectivity index (χ4n) is 7.38. The third-order valence-corrected chi connectivity index (χ3v) is 12.5. The van der Waals surface area contributed by atoms with Gasteiger partial charge in [0.25, 0.3) is 0 Å². The minimum absolute atomic E-state index is 0.0631. The fourth-order valence-corrected chi connectivity index (χ4v) is 9.61. The van der Waals surface area contributed by atoms with Gasteiger partial charge in [-0.25, -0.2) is 8.42 Å². The van der Waals surface area contributed by atoms with Gasteiger partial charge in [0.05, 0.1) is 4.90 Å². The van der Waals surface area contributed by atoms with E-state index in [0.29, 0.717) is 34.9 Å². The Morgan fingerprint density at radius 1 is 1.02 bits per heavy atom. The largest absolute Gasteiger partial charge is 0.343 e. The summed E-state index contributed by atoms with van der Waals surface area (Å²) in [6.45, 7) is 9.22. The van der Waals surface area contributed by atoms with Crippen LogP contribution in [-0.4, -0.2) is 78.7 Å². The summed E-state index contributed by atoms with van der Waals surface area (Å²) in [4.78, 5) is 22.8. The molecule has 4 heterocycles. The molecule has 7 nitrogen and oxygen atoms in total. The van der Waals surface area contributed by atoms with Crippen molar-refractivity contribution in [3.63, 3.8) is 0 Å². The number of pyridine rings is 1. The molecule has 3 aliphatic rings. The van der Waals surface area contributed by atoms with Crippen LogP contribution in [0, 0.1) is 13.8 Å². The average Bonchev–Trinajstić information content (AvgIpc) is 3.52. The molecule has 9 heteroatoms. The molecule has 1 amide bonds. The van der Waals surface area contributed by atoms with Crippen molar-refractivity contribution in [2.75, 3.05) is 39.3 Å². The number of carbonyl (C=O) groups is 1. The summed E-state index contributed by atoms with van der Waals surface area (Å²) in [6.07, 6.45) is 14.2. The van der Waals surface area contributed by atoms with Crippen LogP contribution in [0.15, 0.2) is 41.6 Å². The maximum Gasteiger partial charge on any atom is 0.243 e. The number of amides is 1. The molecule has 0 N–H and O–H groups in total. The third-order valence-electron chi connectivity index (χ3n) is 9.98. The van der Waals surface area contributed by atoms with E-state index in [1.165, 1.54) is 37.9 Å². The summed E-state index contributed by atoms with van der Waals surface area (Å²) >= 11 is 6.26. The second-order valence-corrected chi connectivity index (χ2v) is 15.0. The highest BCUT2D eigenvalue weighted by atomic mass is 35.5. The molecule has 1 atom stereocenters. The Morgan fingerprint density at radius 3 is 2.48 bits per heavy atom. The van der Waals surface area contributed by atoms with Gasteiger partial charge in [0.1, 0.15) is 0 Å². The summed E-state index contributed by atoms with van der Waals surface area (Å²) in [5.74, 6) is 0.147. The van der Waals surface area contributed by atoms with E-state index >= 15 is 0 Å². The van der Waals surface area contributed by atoms with Crippen LogP contribution in [0.5, 0.6) is 0 Å². The van der Waals surface area contributed by atoms with Gasteiger partial charge < -0.3 is 9.80 Å². The maximum atomic E-state index is 13.8. The van der Waals surface area contributed by atoms with Crippen LogP contribution >= 0.6 is 11.6 Å². The number of hydrogen-bond acceptors (Lipinski definition) is 5. The van der Waals surface area contributed by atoms with E-state index in [1.807, 2.05) is 30.3 Å². The van der Waals surface area contributed by atoms with Crippen molar-refractivity contribution in [3.8, 4) is 0 Å². The number of carbonyl (C=O) groups excluding carboxylic acids is 1. The predicted molar refractivity (Wildman–Crippen MR) is 168 cm³/mol. The number of aromatic nitrogens is 1. The SMILES string of the molecule is Cc1cc(S(=O)(=O)N2CCCCC2CCC(=O)N2CCC(CCCN3CCCC3)(c3cccnc3)CC2)c(C)cc1Cl. The number of piperidine rings is 2. The van der Waals surface area contributed by atoms with Crippen LogP contribution in [0.4, 0.5) is 0 Å². The summed E-state index contributed by atoms with van der Waals surface area (Å²) in [5.41, 5.74) is 2.78. The Morgan fingerprint density at radius 2 is 1.76 bits per heavy atom. The van der Waals surface area contributed by atoms with Gasteiger partial charge in [0.2, 0.25) is 15.9 Å². The molecule has 3 fully saturated rings. The lowest BCUT2D eigenvalue weighted by Gasteiger charge is -2.43. The van der Waals surface area contributed by atoms with Gasteiger partial charge in [-0.05, 0) is 126 Å². The molecular formula is C33H47ClN4O3S. The highest BCUT2D eigenvalue weighted by Crippen LogP contribution is 2.40. The monoisotopic (exact) mass is 614 g/mol. The summed E-state index contributed by atoms with van der Waals surface area (Å²) in [5, 5.41) is 0.577. The van der Waals surface area contributed by atoms with E-state index in [1.54, 1.807) is 23.4 Å². The van der Waals surface area contributed by atoms with Crippen LogP contribution < -0.4 is 0 Å². The highest BCUT2D eigenvalue weighted by Gasteiger charge is 2.38. The standard InChI is InChI=1S/C33H47ClN4O3S/c1-26-24-31(27(2)23-30(26)34)42(40,41)38-20-4-3-10-29(38)11-12-32(39)37-21-14-33(15-22-37,28-9-7-16-35-25-28)13-8-19-36-17-5-6-18-36/h7,9,16,23-25,29H,3-6,8,10-15,17-22H2,1-2H3. The number of sulfonamides is 1. The van der Waals surface area contributed by atoms with Crippen molar-refractivity contribution >= 4 is 27.5 Å². The van der Waals surface area contributed by atoms with Gasteiger partial charge in [0, 0.05) is 54.9 Å². The molecular weight excluding hydrogens is 568 g/mol. The van der Waals surface area contributed by atoms with Gasteiger partial charge in [-0.15, -0.1) is 0 Å². The molecule has 1 aromatic carbocycles. The maximum absolute atomic E-state index is 13.8. The Bertz CT molecular complexity index is 1320. The van der Waals surface area contributed by atoms with E-state index in [-0.39, 0.29) is 17.4 Å². The zero-order chi connectivity index (χ0) is 29.7. The Hall–Kier alpha value is -2.00. The van der Waals surface area contributed by atoms with Crippen molar-refractivity contribution in [3.05, 3.63) is 58.4 Å². The minimum Gasteiger partial charge on any atom is -0.343 e. The molecule has 1 aromatic heterocycles. The van der Waals surface area contributed by atoms with Gasteiger partial charge in [-0.2, -0.15) is 4.31 Å². The molecule has 0 radical (unpaired) electrons. The first-order valence-electron chi connectivity index (χ1n) is 15.9. The zero-order valence-corrected chi connectivity index (χ0v) is 26.9. The van der Waals surface area contributed by atoms with Crippen molar-refractivity contribution < 1.29 is 13.2 Å². The van der Waals surface area contributed by atoms with Crippen LogP contribution in [0.25, 0.3) is 0 Å². The summed E-state index contributed by atoms with van der Waals surface area (Å²) in [7, 11) is -3.67. The van der Waals surface area contributed by atoms with E-state index in [2.05, 4.69) is 16.0 Å². The smallest absolute Gasteiger partial charge is 0.243 e. The number of nitrogens with zero attached hydrogens (tertiary/aromatic N) is 4. The molecule has 0 bridgehead atoms. The van der Waals surface area contributed by atoms with E-state index < -0.39 is 10.0 Å². The molecule has 5 rings (SSSR count). The third kappa shape index (κ3) is 7.03. The normalized spacial score (nSPS) is 22.0. The molecule has 2 aromatic rings. The first kappa shape index (κ1) is 31.4. The van der Waals surface area contributed by atoms with Gasteiger partial charge in [-0.1, -0.05) is 24.1 Å². The first-order chi connectivity index (χ1) is 20.2. The molecule has 42 heavy (non-hydrogen) atoms. The van der Waals surface area contributed by atoms with E-state index in [9.17, 15) is 13.2 Å². The first-order valence-corrected chi connectivity index (χ1v) is 17.7. The predicted octanol–water partition coefficient (Wildman–Crippen LogP) is 6.11. The highest BCUT2D eigenvalue weighted by molar-refractivity contribution is 7.89. The topological polar surface area (TPSA) is 73.8 Å². The van der Waals surface area contributed by atoms with Crippen LogP contribution in [-0.2, 0) is 20.2 Å². The lowest BCUT2D eigenvalue weighted by Crippen LogP contribution is -2.47. The Balaban J connectivity index is 1.20. The molecule has 1 unspecified atom stereocenters. The molecule has 3 saturated heterocycles. The second kappa shape index (κ2) is 13.7. The number of benzene rings is 1. The van der Waals surface area contributed by atoms with Crippen LogP contribution in [0.3, 0.4) is 0 Å². The van der Waals surface area contributed by atoms with Gasteiger partial charge >= 0.3 is 0 Å². The molecule has 0 spiro atoms. The van der Waals surface area contributed by atoms with Gasteiger partial charge in [0.15, 0.2) is 0 Å². The molecule has 0 aliphatic carbocycles. The van der Waals surface area contributed by atoms with Crippen molar-refractivity contribution in [2.24, 2.45) is 0 Å². The second-order valence-electron chi connectivity index (χ2n) is 12.7. The summed E-state index contributed by atoms with van der Waals surface area (Å²) < 4.78 is 29.2. The molecule has 0 saturated carbocycles. The molecule has 230 valence electrons. The number of likely N-dealkylation sites (tertiary alicyclic amines) is 2. The Labute approximate surface area is 257 Å². The van der Waals surface area contributed by atoms with Gasteiger partial charge in [-0.3, -0.25) is 9.78 Å². The Kier molecular flexibility index (Phi) is 10.3. The quantitative estimate of drug-likeness (QED) is 0.323. The fraction of sp³-hybridized carbons (Fsp3) is 0.636. The van der Waals surface area contributed by atoms with Crippen molar-refractivity contribution in [1.29, 1.82) is 0 Å². The lowest BCUT2D eigenvalue weighted by molar-refractivity contribution is -0.133. The number of halogens is 1. The lowest BCUT2D eigenvalue weighted by atomic mass is 9.70. The van der Waals surface area contributed by atoms with E-state index in [4.69, 9.17) is 11.6 Å². The van der Waals surface area contributed by atoms with Crippen LogP contribution in [0.1, 0.15) is 87.3 Å². The van der Waals surface area contributed by atoms with Crippen molar-refractivity contribution in [2.45, 2.75) is 101 Å². The average molecular weight is 615 g/mol. The minimum atomic E-state index is -3.67. The van der Waals surface area contributed by atoms with Crippen LogP contribution in [0.2, 0.25) is 5.02 Å².